The van der Waals surface area contributed by atoms with Crippen LogP contribution in [0.1, 0.15) is 51.3 Å². The van der Waals surface area contributed by atoms with Gasteiger partial charge in [-0.25, -0.2) is 9.78 Å². The standard InChI is InChI=1S/C30H27N7O6S2/c1-18(38)36-25(13-14-32-36)29(40)33-22-9-6-10-23(17-22)37(45(41)42)26(30-34-24-11-3-4-12-27(24)44-30)16-20-7-5-8-21(15-20)28(31)35-43-19(2)39/h3-15,17,26H,16H2,1-2H3,(H2,31,35)(H,33,40)(H,41,42)/p-1. The molecule has 1 amide bonds. The summed E-state index contributed by atoms with van der Waals surface area (Å²) >= 11 is -1.43. The van der Waals surface area contributed by atoms with Gasteiger partial charge in [0.15, 0.2) is 5.84 Å². The molecule has 45 heavy (non-hydrogen) atoms. The molecule has 2 heterocycles. The Labute approximate surface area is 263 Å². The Balaban J connectivity index is 1.53. The molecule has 15 heteroatoms. The molecule has 0 saturated carbocycles. The highest BCUT2D eigenvalue weighted by atomic mass is 32.2. The summed E-state index contributed by atoms with van der Waals surface area (Å²) in [5, 5.41) is 10.8. The Morgan fingerprint density at radius 1 is 1.09 bits per heavy atom. The first-order chi connectivity index (χ1) is 21.6. The van der Waals surface area contributed by atoms with Crippen LogP contribution < -0.4 is 15.4 Å². The number of hydrogen-bond donors (Lipinski definition) is 2. The number of thiazole rings is 1. The molecule has 0 spiro atoms. The molecule has 2 atom stereocenters. The summed E-state index contributed by atoms with van der Waals surface area (Å²) in [6, 6.07) is 21.3. The Hall–Kier alpha value is -5.25. The summed E-state index contributed by atoms with van der Waals surface area (Å²) < 4.78 is 29.0. The number of oxime groups is 1. The van der Waals surface area contributed by atoms with Gasteiger partial charge < -0.3 is 20.4 Å². The van der Waals surface area contributed by atoms with Crippen molar-refractivity contribution < 1.29 is 28.0 Å². The number of carbonyl (C=O) groups excluding carboxylic acids is 3. The predicted molar refractivity (Wildman–Crippen MR) is 169 cm³/mol. The van der Waals surface area contributed by atoms with Crippen molar-refractivity contribution in [1.82, 2.24) is 14.8 Å². The lowest BCUT2D eigenvalue weighted by Crippen LogP contribution is -2.32. The number of nitrogens with zero attached hydrogens (tertiary/aromatic N) is 5. The fraction of sp³-hybridized carbons (Fsp3) is 0.133. The number of carbonyl (C=O) groups is 3. The summed E-state index contributed by atoms with van der Waals surface area (Å²) in [5.74, 6) is -1.68. The molecule has 5 rings (SSSR count). The van der Waals surface area contributed by atoms with Crippen LogP contribution in [-0.2, 0) is 27.3 Å². The van der Waals surface area contributed by atoms with E-state index in [0.29, 0.717) is 27.3 Å². The molecule has 5 aromatic rings. The number of benzene rings is 3. The molecule has 3 aromatic carbocycles. The van der Waals surface area contributed by atoms with Gasteiger partial charge in [0, 0.05) is 42.8 Å². The first kappa shape index (κ1) is 31.2. The molecule has 2 unspecified atom stereocenters. The van der Waals surface area contributed by atoms with Crippen LogP contribution in [0.4, 0.5) is 11.4 Å². The number of amides is 1. The van der Waals surface area contributed by atoms with Crippen LogP contribution in [0.5, 0.6) is 0 Å². The minimum Gasteiger partial charge on any atom is -0.755 e. The normalized spacial score (nSPS) is 12.8. The number of aromatic nitrogens is 3. The third-order valence-corrected chi connectivity index (χ3v) is 8.42. The van der Waals surface area contributed by atoms with E-state index < -0.39 is 35.1 Å². The number of hydrogen-bond acceptors (Lipinski definition) is 10. The van der Waals surface area contributed by atoms with Crippen molar-refractivity contribution >= 4 is 67.8 Å². The minimum atomic E-state index is -2.79. The van der Waals surface area contributed by atoms with Gasteiger partial charge in [-0.15, -0.1) is 11.3 Å². The Bertz CT molecular complexity index is 1920. The zero-order valence-electron chi connectivity index (χ0n) is 23.9. The molecule has 0 fully saturated rings. The smallest absolute Gasteiger partial charge is 0.332 e. The molecule has 3 N–H and O–H groups in total. The highest BCUT2D eigenvalue weighted by molar-refractivity contribution is 7.80. The Kier molecular flexibility index (Phi) is 9.42. The topological polar surface area (TPSA) is 185 Å². The van der Waals surface area contributed by atoms with E-state index >= 15 is 0 Å². The average Bonchev–Trinajstić information content (AvgIpc) is 3.68. The van der Waals surface area contributed by atoms with Gasteiger partial charge in [0.05, 0.1) is 28.1 Å². The summed E-state index contributed by atoms with van der Waals surface area (Å²) in [5.41, 5.74) is 8.50. The van der Waals surface area contributed by atoms with E-state index in [0.717, 1.165) is 9.38 Å². The lowest BCUT2D eigenvalue weighted by atomic mass is 10.0. The van der Waals surface area contributed by atoms with Crippen molar-refractivity contribution in [3.05, 3.63) is 107 Å². The number of nitrogens with one attached hydrogen (secondary N) is 1. The third kappa shape index (κ3) is 7.29. The van der Waals surface area contributed by atoms with Crippen LogP contribution >= 0.6 is 11.3 Å². The number of para-hydroxylation sites is 1. The van der Waals surface area contributed by atoms with Gasteiger partial charge in [-0.2, -0.15) is 9.78 Å². The highest BCUT2D eigenvalue weighted by Crippen LogP contribution is 2.36. The average molecular weight is 645 g/mol. The fourth-order valence-corrected chi connectivity index (χ4v) is 6.36. The lowest BCUT2D eigenvalue weighted by Gasteiger charge is -2.34. The predicted octanol–water partition coefficient (Wildman–Crippen LogP) is 4.17. The van der Waals surface area contributed by atoms with E-state index in [-0.39, 0.29) is 23.6 Å². The maximum absolute atomic E-state index is 13.0. The molecule has 0 radical (unpaired) electrons. The summed E-state index contributed by atoms with van der Waals surface area (Å²) in [4.78, 5) is 45.4. The van der Waals surface area contributed by atoms with Gasteiger partial charge in [-0.05, 0) is 48.0 Å². The quantitative estimate of drug-likeness (QED) is 0.0740. The second-order valence-corrected chi connectivity index (χ2v) is 11.6. The number of nitrogens with two attached hydrogens (primary N) is 1. The molecular weight excluding hydrogens is 619 g/mol. The van der Waals surface area contributed by atoms with E-state index in [1.807, 2.05) is 30.3 Å². The van der Waals surface area contributed by atoms with Crippen LogP contribution in [0.25, 0.3) is 10.2 Å². The van der Waals surface area contributed by atoms with Crippen LogP contribution in [0.15, 0.2) is 90.2 Å². The third-order valence-electron chi connectivity index (χ3n) is 6.50. The Morgan fingerprint density at radius 3 is 2.60 bits per heavy atom. The van der Waals surface area contributed by atoms with Crippen molar-refractivity contribution in [3.8, 4) is 0 Å². The fourth-order valence-electron chi connectivity index (χ4n) is 4.56. The van der Waals surface area contributed by atoms with E-state index in [9.17, 15) is 23.1 Å². The first-order valence-electron chi connectivity index (χ1n) is 13.4. The van der Waals surface area contributed by atoms with Gasteiger partial charge in [-0.1, -0.05) is 41.6 Å². The summed E-state index contributed by atoms with van der Waals surface area (Å²) in [6.45, 7) is 2.49. The zero-order valence-corrected chi connectivity index (χ0v) is 25.6. The monoisotopic (exact) mass is 644 g/mol. The molecule has 13 nitrogen and oxygen atoms in total. The second-order valence-electron chi connectivity index (χ2n) is 9.69. The lowest BCUT2D eigenvalue weighted by molar-refractivity contribution is -0.140. The summed E-state index contributed by atoms with van der Waals surface area (Å²) in [6.07, 6.45) is 1.51. The highest BCUT2D eigenvalue weighted by Gasteiger charge is 2.27. The molecule has 2 aromatic heterocycles. The van der Waals surface area contributed by atoms with Crippen LogP contribution in [0.2, 0.25) is 0 Å². The molecule has 0 aliphatic heterocycles. The SMILES string of the molecule is CC(=O)O/N=C(/N)c1cccc(CC(c2nc3ccccc3s2)N(c2cccc(NC(=O)c3ccnn3C(C)=O)c2)S(=O)[O-])c1. The van der Waals surface area contributed by atoms with Crippen molar-refractivity contribution in [1.29, 1.82) is 0 Å². The van der Waals surface area contributed by atoms with Crippen molar-refractivity contribution in [2.24, 2.45) is 10.9 Å². The second kappa shape index (κ2) is 13.6. The van der Waals surface area contributed by atoms with Crippen LogP contribution in [0.3, 0.4) is 0 Å². The molecule has 0 bridgehead atoms. The number of anilines is 2. The van der Waals surface area contributed by atoms with E-state index in [2.05, 4.69) is 20.4 Å². The van der Waals surface area contributed by atoms with Crippen LogP contribution in [-0.4, -0.2) is 47.1 Å². The molecule has 230 valence electrons. The van der Waals surface area contributed by atoms with Crippen molar-refractivity contribution in [3.63, 3.8) is 0 Å². The first-order valence-corrected chi connectivity index (χ1v) is 15.3. The largest absolute Gasteiger partial charge is 0.755 e. The van der Waals surface area contributed by atoms with Gasteiger partial charge in [0.2, 0.25) is 5.91 Å². The molecule has 0 saturated heterocycles. The maximum Gasteiger partial charge on any atom is 0.332 e. The summed E-state index contributed by atoms with van der Waals surface area (Å²) in [7, 11) is 0. The maximum atomic E-state index is 13.0. The molecule has 0 aliphatic carbocycles. The van der Waals surface area contributed by atoms with E-state index in [1.54, 1.807) is 36.4 Å². The minimum absolute atomic E-state index is 0.0256. The Morgan fingerprint density at radius 2 is 1.87 bits per heavy atom. The molecular formula is C30H26N7O6S2-. The van der Waals surface area contributed by atoms with Crippen molar-refractivity contribution in [2.75, 3.05) is 9.62 Å². The van der Waals surface area contributed by atoms with Gasteiger partial charge in [0.1, 0.15) is 10.7 Å². The van der Waals surface area contributed by atoms with Crippen LogP contribution in [0, 0.1) is 0 Å². The van der Waals surface area contributed by atoms with Gasteiger partial charge >= 0.3 is 5.97 Å². The molecule has 0 aliphatic rings. The van der Waals surface area contributed by atoms with Gasteiger partial charge in [0.25, 0.3) is 5.91 Å². The van der Waals surface area contributed by atoms with E-state index in [1.165, 1.54) is 47.8 Å². The number of rotatable bonds is 10. The van der Waals surface area contributed by atoms with Crippen molar-refractivity contribution in [2.45, 2.75) is 26.3 Å². The number of amidine groups is 1. The van der Waals surface area contributed by atoms with Gasteiger partial charge in [-0.3, -0.25) is 18.1 Å². The number of fused-ring (bicyclic) bond motifs is 1. The zero-order chi connectivity index (χ0) is 32.1. The van der Waals surface area contributed by atoms with E-state index in [4.69, 9.17) is 10.7 Å².